The van der Waals surface area contributed by atoms with Gasteiger partial charge in [0.05, 0.1) is 12.3 Å². The number of nitrogens with zero attached hydrogens (tertiary/aromatic N) is 2. The molecule has 0 amide bonds. The first-order chi connectivity index (χ1) is 9.76. The molecule has 2 fully saturated rings. The summed E-state index contributed by atoms with van der Waals surface area (Å²) in [6, 6.07) is 1.86. The van der Waals surface area contributed by atoms with E-state index in [1.54, 1.807) is 6.20 Å². The minimum atomic E-state index is -0.676. The summed E-state index contributed by atoms with van der Waals surface area (Å²) in [7, 11) is 0. The summed E-state index contributed by atoms with van der Waals surface area (Å²) >= 11 is 0. The van der Waals surface area contributed by atoms with Gasteiger partial charge in [0.15, 0.2) is 11.6 Å². The fourth-order valence-corrected chi connectivity index (χ4v) is 2.80. The van der Waals surface area contributed by atoms with Gasteiger partial charge in [-0.05, 0) is 40.7 Å². The Kier molecular flexibility index (Phi) is 3.52. The standard InChI is InChI=1S/C15H22N2O4/c1-9-16-7-6-10(17-9)12-13(21-15(4,5)20-12)11-8-18-14(2,3)19-11/h6-7,11-13H,8H2,1-5H3/t11-,12-,13-/m1/s1. The van der Waals surface area contributed by atoms with Crippen LogP contribution in [0.1, 0.15) is 45.3 Å². The van der Waals surface area contributed by atoms with Crippen molar-refractivity contribution in [1.29, 1.82) is 0 Å². The van der Waals surface area contributed by atoms with Gasteiger partial charge in [-0.2, -0.15) is 0 Å². The van der Waals surface area contributed by atoms with Gasteiger partial charge in [0.1, 0.15) is 24.1 Å². The number of aryl methyl sites for hydroxylation is 1. The number of ether oxygens (including phenoxy) is 4. The van der Waals surface area contributed by atoms with Gasteiger partial charge in [-0.25, -0.2) is 9.97 Å². The van der Waals surface area contributed by atoms with Crippen molar-refractivity contribution in [3.05, 3.63) is 23.8 Å². The summed E-state index contributed by atoms with van der Waals surface area (Å²) in [4.78, 5) is 8.60. The first kappa shape index (κ1) is 14.8. The second kappa shape index (κ2) is 4.98. The molecule has 0 radical (unpaired) electrons. The van der Waals surface area contributed by atoms with Crippen molar-refractivity contribution in [3.8, 4) is 0 Å². The van der Waals surface area contributed by atoms with E-state index in [4.69, 9.17) is 18.9 Å². The Morgan fingerprint density at radius 1 is 1.10 bits per heavy atom. The zero-order valence-corrected chi connectivity index (χ0v) is 13.1. The van der Waals surface area contributed by atoms with Gasteiger partial charge in [0.25, 0.3) is 0 Å². The predicted molar refractivity (Wildman–Crippen MR) is 74.5 cm³/mol. The lowest BCUT2D eigenvalue weighted by atomic mass is 10.1. The molecule has 0 aliphatic carbocycles. The Morgan fingerprint density at radius 2 is 1.86 bits per heavy atom. The topological polar surface area (TPSA) is 62.7 Å². The summed E-state index contributed by atoms with van der Waals surface area (Å²) in [5, 5.41) is 0. The number of hydrogen-bond acceptors (Lipinski definition) is 6. The van der Waals surface area contributed by atoms with Crippen molar-refractivity contribution in [2.24, 2.45) is 0 Å². The monoisotopic (exact) mass is 294 g/mol. The molecule has 0 unspecified atom stereocenters. The second-order valence-electron chi connectivity index (χ2n) is 6.42. The van der Waals surface area contributed by atoms with Gasteiger partial charge in [0.2, 0.25) is 0 Å². The van der Waals surface area contributed by atoms with Crippen LogP contribution in [0.3, 0.4) is 0 Å². The van der Waals surface area contributed by atoms with E-state index in [9.17, 15) is 0 Å². The molecular formula is C15H22N2O4. The molecule has 0 aromatic carbocycles. The lowest BCUT2D eigenvalue weighted by Crippen LogP contribution is -2.35. The highest BCUT2D eigenvalue weighted by Crippen LogP contribution is 2.42. The number of rotatable bonds is 2. The summed E-state index contributed by atoms with van der Waals surface area (Å²) in [6.45, 7) is 9.94. The molecule has 1 aromatic rings. The van der Waals surface area contributed by atoms with Crippen LogP contribution in [-0.2, 0) is 18.9 Å². The first-order valence-electron chi connectivity index (χ1n) is 7.23. The van der Waals surface area contributed by atoms with Crippen LogP contribution in [0, 0.1) is 6.92 Å². The Bertz CT molecular complexity index is 532. The van der Waals surface area contributed by atoms with E-state index in [1.165, 1.54) is 0 Å². The molecule has 3 rings (SSSR count). The van der Waals surface area contributed by atoms with Crippen LogP contribution in [0.2, 0.25) is 0 Å². The molecule has 6 heteroatoms. The summed E-state index contributed by atoms with van der Waals surface area (Å²) in [5.41, 5.74) is 0.811. The number of hydrogen-bond donors (Lipinski definition) is 0. The summed E-state index contributed by atoms with van der Waals surface area (Å²) in [6.07, 6.45) is 1.02. The van der Waals surface area contributed by atoms with Crippen LogP contribution >= 0.6 is 0 Å². The van der Waals surface area contributed by atoms with Crippen LogP contribution in [0.5, 0.6) is 0 Å². The third kappa shape index (κ3) is 3.08. The van der Waals surface area contributed by atoms with E-state index < -0.39 is 11.6 Å². The van der Waals surface area contributed by atoms with E-state index in [0.29, 0.717) is 12.4 Å². The van der Waals surface area contributed by atoms with Gasteiger partial charge >= 0.3 is 0 Å². The van der Waals surface area contributed by atoms with Crippen LogP contribution < -0.4 is 0 Å². The van der Waals surface area contributed by atoms with E-state index in [-0.39, 0.29) is 18.3 Å². The van der Waals surface area contributed by atoms with E-state index in [2.05, 4.69) is 9.97 Å². The van der Waals surface area contributed by atoms with Crippen molar-refractivity contribution in [3.63, 3.8) is 0 Å². The molecule has 0 bridgehead atoms. The Labute approximate surface area is 124 Å². The maximum absolute atomic E-state index is 6.05. The Balaban J connectivity index is 1.87. The normalized spacial score (nSPS) is 34.2. The minimum absolute atomic E-state index is 0.179. The van der Waals surface area contributed by atoms with Gasteiger partial charge in [-0.3, -0.25) is 0 Å². The minimum Gasteiger partial charge on any atom is -0.348 e. The van der Waals surface area contributed by atoms with Crippen molar-refractivity contribution >= 4 is 0 Å². The quantitative estimate of drug-likeness (QED) is 0.832. The van der Waals surface area contributed by atoms with Gasteiger partial charge in [-0.1, -0.05) is 0 Å². The maximum atomic E-state index is 6.05. The summed E-state index contributed by atoms with van der Waals surface area (Å²) < 4.78 is 23.7. The lowest BCUT2D eigenvalue weighted by molar-refractivity contribution is -0.174. The van der Waals surface area contributed by atoms with Crippen molar-refractivity contribution in [2.75, 3.05) is 6.61 Å². The van der Waals surface area contributed by atoms with E-state index in [1.807, 2.05) is 40.7 Å². The highest BCUT2D eigenvalue weighted by atomic mass is 16.8. The highest BCUT2D eigenvalue weighted by Gasteiger charge is 2.50. The van der Waals surface area contributed by atoms with Crippen LogP contribution in [0.4, 0.5) is 0 Å². The van der Waals surface area contributed by atoms with Gasteiger partial charge < -0.3 is 18.9 Å². The van der Waals surface area contributed by atoms with Crippen LogP contribution in [0.25, 0.3) is 0 Å². The molecule has 0 saturated carbocycles. The number of aromatic nitrogens is 2. The van der Waals surface area contributed by atoms with E-state index in [0.717, 1.165) is 5.69 Å². The zero-order chi connectivity index (χ0) is 15.3. The largest absolute Gasteiger partial charge is 0.348 e. The molecular weight excluding hydrogens is 272 g/mol. The fourth-order valence-electron chi connectivity index (χ4n) is 2.80. The Hall–Kier alpha value is -1.08. The molecule has 2 aliphatic heterocycles. The molecule has 3 atom stereocenters. The smallest absolute Gasteiger partial charge is 0.164 e. The lowest BCUT2D eigenvalue weighted by Gasteiger charge is -2.23. The SMILES string of the molecule is Cc1nccc([C@H]2OC(C)(C)O[C@@H]2[C@H]2COC(C)(C)O2)n1. The molecule has 0 spiro atoms. The maximum Gasteiger partial charge on any atom is 0.164 e. The molecule has 2 aliphatic rings. The third-order valence-electron chi connectivity index (χ3n) is 3.61. The average molecular weight is 294 g/mol. The fraction of sp³-hybridized carbons (Fsp3) is 0.733. The first-order valence-corrected chi connectivity index (χ1v) is 7.23. The second-order valence-corrected chi connectivity index (χ2v) is 6.42. The van der Waals surface area contributed by atoms with Gasteiger partial charge in [-0.15, -0.1) is 0 Å². The average Bonchev–Trinajstić information content (AvgIpc) is 2.89. The van der Waals surface area contributed by atoms with Crippen LogP contribution in [0.15, 0.2) is 12.3 Å². The molecule has 3 heterocycles. The van der Waals surface area contributed by atoms with Crippen molar-refractivity contribution < 1.29 is 18.9 Å². The predicted octanol–water partition coefficient (Wildman–Crippen LogP) is 2.13. The molecule has 0 N–H and O–H groups in total. The molecule has 1 aromatic heterocycles. The van der Waals surface area contributed by atoms with Crippen LogP contribution in [-0.4, -0.2) is 40.4 Å². The molecule has 2 saturated heterocycles. The van der Waals surface area contributed by atoms with Gasteiger partial charge in [0, 0.05) is 6.20 Å². The van der Waals surface area contributed by atoms with E-state index >= 15 is 0 Å². The Morgan fingerprint density at radius 3 is 2.48 bits per heavy atom. The molecule has 116 valence electrons. The molecule has 6 nitrogen and oxygen atoms in total. The third-order valence-corrected chi connectivity index (χ3v) is 3.61. The van der Waals surface area contributed by atoms with Crippen molar-refractivity contribution in [2.45, 2.75) is 64.5 Å². The highest BCUT2D eigenvalue weighted by molar-refractivity contribution is 5.11. The summed E-state index contributed by atoms with van der Waals surface area (Å²) in [5.74, 6) is -0.555. The zero-order valence-electron chi connectivity index (χ0n) is 13.1. The molecule has 21 heavy (non-hydrogen) atoms. The van der Waals surface area contributed by atoms with Crippen molar-refractivity contribution in [1.82, 2.24) is 9.97 Å².